The summed E-state index contributed by atoms with van der Waals surface area (Å²) in [5.74, 6) is 0.248. The van der Waals surface area contributed by atoms with E-state index in [4.69, 9.17) is 0 Å². The van der Waals surface area contributed by atoms with Gasteiger partial charge in [-0.2, -0.15) is 0 Å². The molecule has 0 amide bonds. The number of benzene rings is 2. The largest absolute Gasteiger partial charge is 0.508 e. The molecule has 0 heterocycles. The van der Waals surface area contributed by atoms with Crippen LogP contribution in [0.3, 0.4) is 0 Å². The molecule has 120 valence electrons. The summed E-state index contributed by atoms with van der Waals surface area (Å²) in [6, 6.07) is 13.3. The molecule has 3 N–H and O–H groups in total. The highest BCUT2D eigenvalue weighted by Gasteiger charge is 2.09. The van der Waals surface area contributed by atoms with E-state index in [1.807, 2.05) is 0 Å². The molecule has 0 aromatic heterocycles. The van der Waals surface area contributed by atoms with Crippen LogP contribution in [0.5, 0.6) is 11.5 Å². The summed E-state index contributed by atoms with van der Waals surface area (Å²) >= 11 is 0. The van der Waals surface area contributed by atoms with Gasteiger partial charge in [-0.3, -0.25) is 4.79 Å². The van der Waals surface area contributed by atoms with E-state index in [-0.39, 0.29) is 23.7 Å². The highest BCUT2D eigenvalue weighted by molar-refractivity contribution is 5.93. The Hall–Kier alpha value is -2.59. The van der Waals surface area contributed by atoms with Crippen molar-refractivity contribution in [2.24, 2.45) is 0 Å². The third-order valence-electron chi connectivity index (χ3n) is 3.49. The molecule has 23 heavy (non-hydrogen) atoms. The number of phenols is 2. The van der Waals surface area contributed by atoms with Crippen LogP contribution in [0.4, 0.5) is 0 Å². The highest BCUT2D eigenvalue weighted by atomic mass is 16.3. The van der Waals surface area contributed by atoms with Gasteiger partial charge in [0.15, 0.2) is 5.78 Å². The molecule has 0 saturated carbocycles. The van der Waals surface area contributed by atoms with Crippen molar-refractivity contribution in [1.82, 2.24) is 0 Å². The third kappa shape index (κ3) is 5.96. The summed E-state index contributed by atoms with van der Waals surface area (Å²) in [4.78, 5) is 11.8. The smallest absolute Gasteiger partial charge is 0.158 e. The van der Waals surface area contributed by atoms with Gasteiger partial charge in [-0.05, 0) is 54.3 Å². The topological polar surface area (TPSA) is 77.8 Å². The molecule has 0 saturated heterocycles. The number of aryl methyl sites for hydroxylation is 1. The van der Waals surface area contributed by atoms with E-state index in [1.54, 1.807) is 54.6 Å². The van der Waals surface area contributed by atoms with Gasteiger partial charge in [0.05, 0.1) is 6.10 Å². The number of rotatable bonds is 7. The second-order valence-corrected chi connectivity index (χ2v) is 5.45. The molecular formula is C19H20O4. The fourth-order valence-corrected chi connectivity index (χ4v) is 2.17. The number of aliphatic hydroxyl groups is 1. The number of phenolic OH excluding ortho intramolecular Hbond substituents is 2. The van der Waals surface area contributed by atoms with Crippen molar-refractivity contribution in [2.75, 3.05) is 0 Å². The van der Waals surface area contributed by atoms with Gasteiger partial charge in [-0.15, -0.1) is 0 Å². The van der Waals surface area contributed by atoms with Crippen LogP contribution in [-0.4, -0.2) is 27.2 Å². The first-order valence-electron chi connectivity index (χ1n) is 7.49. The van der Waals surface area contributed by atoms with E-state index in [0.717, 1.165) is 11.1 Å². The number of aromatic hydroxyl groups is 2. The van der Waals surface area contributed by atoms with Crippen LogP contribution in [0.15, 0.2) is 54.6 Å². The Morgan fingerprint density at radius 2 is 1.52 bits per heavy atom. The van der Waals surface area contributed by atoms with E-state index in [1.165, 1.54) is 6.08 Å². The minimum atomic E-state index is -0.694. The average Bonchev–Trinajstić information content (AvgIpc) is 2.54. The minimum Gasteiger partial charge on any atom is -0.508 e. The minimum absolute atomic E-state index is 0.0761. The second kappa shape index (κ2) is 8.15. The van der Waals surface area contributed by atoms with Crippen molar-refractivity contribution < 1.29 is 20.1 Å². The lowest BCUT2D eigenvalue weighted by Gasteiger charge is -2.08. The first-order chi connectivity index (χ1) is 11.0. The zero-order valence-corrected chi connectivity index (χ0v) is 12.7. The first-order valence-corrected chi connectivity index (χ1v) is 7.49. The summed E-state index contributed by atoms with van der Waals surface area (Å²) in [7, 11) is 0. The molecule has 0 aliphatic rings. The van der Waals surface area contributed by atoms with Crippen molar-refractivity contribution in [1.29, 1.82) is 0 Å². The molecule has 0 spiro atoms. The quantitative estimate of drug-likeness (QED) is 0.687. The summed E-state index contributed by atoms with van der Waals surface area (Å²) < 4.78 is 0. The van der Waals surface area contributed by atoms with Gasteiger partial charge in [-0.1, -0.05) is 30.3 Å². The Labute approximate surface area is 135 Å². The van der Waals surface area contributed by atoms with E-state index in [0.29, 0.717) is 12.8 Å². The van der Waals surface area contributed by atoms with E-state index in [2.05, 4.69) is 0 Å². The number of allylic oxidation sites excluding steroid dienone is 1. The van der Waals surface area contributed by atoms with Crippen molar-refractivity contribution in [3.63, 3.8) is 0 Å². The second-order valence-electron chi connectivity index (χ2n) is 5.45. The molecular weight excluding hydrogens is 292 g/mol. The Kier molecular flexibility index (Phi) is 5.94. The van der Waals surface area contributed by atoms with Gasteiger partial charge in [0.25, 0.3) is 0 Å². The molecule has 4 nitrogen and oxygen atoms in total. The fraction of sp³-hybridized carbons (Fsp3) is 0.211. The number of carbonyl (C=O) groups excluding carboxylic acids is 1. The van der Waals surface area contributed by atoms with E-state index in [9.17, 15) is 20.1 Å². The number of carbonyl (C=O) groups is 1. The normalized spacial score (nSPS) is 12.4. The van der Waals surface area contributed by atoms with Crippen molar-refractivity contribution >= 4 is 11.9 Å². The predicted molar refractivity (Wildman–Crippen MR) is 89.2 cm³/mol. The van der Waals surface area contributed by atoms with Gasteiger partial charge in [0.1, 0.15) is 11.5 Å². The molecule has 4 heteroatoms. The van der Waals surface area contributed by atoms with Crippen molar-refractivity contribution in [2.45, 2.75) is 25.4 Å². The van der Waals surface area contributed by atoms with Crippen LogP contribution in [0.1, 0.15) is 24.0 Å². The number of ketones is 1. The lowest BCUT2D eigenvalue weighted by atomic mass is 10.0. The Bertz CT molecular complexity index is 657. The van der Waals surface area contributed by atoms with Gasteiger partial charge >= 0.3 is 0 Å². The summed E-state index contributed by atoms with van der Waals surface area (Å²) in [5.41, 5.74) is 1.82. The number of aliphatic hydroxyl groups excluding tert-OH is 1. The highest BCUT2D eigenvalue weighted by Crippen LogP contribution is 2.14. The molecule has 0 fully saturated rings. The summed E-state index contributed by atoms with van der Waals surface area (Å²) in [6.07, 6.45) is 3.62. The Balaban J connectivity index is 1.77. The third-order valence-corrected chi connectivity index (χ3v) is 3.49. The van der Waals surface area contributed by atoms with E-state index >= 15 is 0 Å². The monoisotopic (exact) mass is 312 g/mol. The van der Waals surface area contributed by atoms with Crippen molar-refractivity contribution in [3.8, 4) is 11.5 Å². The van der Waals surface area contributed by atoms with Crippen molar-refractivity contribution in [3.05, 3.63) is 65.7 Å². The van der Waals surface area contributed by atoms with Gasteiger partial charge < -0.3 is 15.3 Å². The fourth-order valence-electron chi connectivity index (χ4n) is 2.17. The van der Waals surface area contributed by atoms with Crippen LogP contribution in [0, 0.1) is 0 Å². The molecule has 2 aromatic carbocycles. The number of hydrogen-bond donors (Lipinski definition) is 3. The van der Waals surface area contributed by atoms with Crippen LogP contribution >= 0.6 is 0 Å². The molecule has 1 atom stereocenters. The van der Waals surface area contributed by atoms with Crippen LogP contribution in [-0.2, 0) is 11.2 Å². The maximum absolute atomic E-state index is 11.8. The Morgan fingerprint density at radius 3 is 2.13 bits per heavy atom. The summed E-state index contributed by atoms with van der Waals surface area (Å²) in [5, 5.41) is 28.3. The zero-order valence-electron chi connectivity index (χ0n) is 12.7. The molecule has 0 unspecified atom stereocenters. The standard InChI is InChI=1S/C19H20O4/c20-16-7-1-14(2-8-16)5-11-18(22)13-19(23)12-6-15-3-9-17(21)10-4-15/h1-5,7-11,19-21,23H,6,12-13H2/t19-/m1/s1. The van der Waals surface area contributed by atoms with Crippen LogP contribution in [0.2, 0.25) is 0 Å². The molecule has 2 aromatic rings. The van der Waals surface area contributed by atoms with Crippen LogP contribution < -0.4 is 0 Å². The maximum atomic E-state index is 11.8. The molecule has 0 bridgehead atoms. The van der Waals surface area contributed by atoms with Gasteiger partial charge in [-0.25, -0.2) is 0 Å². The molecule has 0 aliphatic carbocycles. The summed E-state index contributed by atoms with van der Waals surface area (Å²) in [6.45, 7) is 0. The average molecular weight is 312 g/mol. The molecule has 2 rings (SSSR count). The number of hydrogen-bond acceptors (Lipinski definition) is 4. The molecule has 0 radical (unpaired) electrons. The van der Waals surface area contributed by atoms with E-state index < -0.39 is 6.10 Å². The maximum Gasteiger partial charge on any atom is 0.158 e. The predicted octanol–water partition coefficient (Wildman–Crippen LogP) is 3.06. The zero-order chi connectivity index (χ0) is 16.7. The van der Waals surface area contributed by atoms with Gasteiger partial charge in [0.2, 0.25) is 0 Å². The molecule has 0 aliphatic heterocycles. The SMILES string of the molecule is O=C(C=Cc1ccc(O)cc1)C[C@H](O)CCc1ccc(O)cc1. The lowest BCUT2D eigenvalue weighted by Crippen LogP contribution is -2.12. The first kappa shape index (κ1) is 16.8. The lowest BCUT2D eigenvalue weighted by molar-refractivity contribution is -0.116. The van der Waals surface area contributed by atoms with Crippen LogP contribution in [0.25, 0.3) is 6.08 Å². The van der Waals surface area contributed by atoms with Gasteiger partial charge in [0, 0.05) is 6.42 Å². The Morgan fingerprint density at radius 1 is 0.957 bits per heavy atom.